The van der Waals surface area contributed by atoms with E-state index in [0.717, 1.165) is 30.5 Å². The highest BCUT2D eigenvalue weighted by molar-refractivity contribution is 4.90. The third-order valence-corrected chi connectivity index (χ3v) is 4.56. The Labute approximate surface area is 113 Å². The molecule has 2 rings (SSSR count). The molecule has 0 spiro atoms. The van der Waals surface area contributed by atoms with Gasteiger partial charge in [-0.15, -0.1) is 0 Å². The Kier molecular flexibility index (Phi) is 5.50. The van der Waals surface area contributed by atoms with Crippen LogP contribution in [0.1, 0.15) is 65.7 Å². The minimum absolute atomic E-state index is 0.544. The SMILES string of the molecule is CCOC1CC(NC2CCCC(CC(C)C)C2)C1. The van der Waals surface area contributed by atoms with E-state index in [0.29, 0.717) is 6.10 Å². The van der Waals surface area contributed by atoms with Gasteiger partial charge in [0.25, 0.3) is 0 Å². The van der Waals surface area contributed by atoms with Gasteiger partial charge >= 0.3 is 0 Å². The summed E-state index contributed by atoms with van der Waals surface area (Å²) in [6.07, 6.45) is 10.1. The fourth-order valence-corrected chi connectivity index (χ4v) is 3.73. The maximum Gasteiger partial charge on any atom is 0.0604 e. The van der Waals surface area contributed by atoms with Gasteiger partial charge in [0.1, 0.15) is 0 Å². The van der Waals surface area contributed by atoms with Crippen LogP contribution in [0.3, 0.4) is 0 Å². The molecule has 0 radical (unpaired) electrons. The first-order chi connectivity index (χ1) is 8.67. The van der Waals surface area contributed by atoms with Crippen LogP contribution in [0.4, 0.5) is 0 Å². The first kappa shape index (κ1) is 14.3. The molecule has 2 fully saturated rings. The van der Waals surface area contributed by atoms with Gasteiger partial charge in [0, 0.05) is 18.7 Å². The zero-order valence-electron chi connectivity index (χ0n) is 12.5. The zero-order valence-corrected chi connectivity index (χ0v) is 12.5. The molecule has 0 aromatic carbocycles. The smallest absolute Gasteiger partial charge is 0.0604 e. The lowest BCUT2D eigenvalue weighted by molar-refractivity contribution is -0.0141. The van der Waals surface area contributed by atoms with Crippen LogP contribution in [-0.2, 0) is 4.74 Å². The molecule has 0 amide bonds. The maximum atomic E-state index is 5.63. The molecule has 2 nitrogen and oxygen atoms in total. The van der Waals surface area contributed by atoms with Gasteiger partial charge in [0.2, 0.25) is 0 Å². The average molecular weight is 253 g/mol. The Bertz CT molecular complexity index is 235. The molecule has 2 saturated carbocycles. The van der Waals surface area contributed by atoms with Gasteiger partial charge in [-0.3, -0.25) is 0 Å². The van der Waals surface area contributed by atoms with Crippen molar-refractivity contribution >= 4 is 0 Å². The fourth-order valence-electron chi connectivity index (χ4n) is 3.73. The van der Waals surface area contributed by atoms with Gasteiger partial charge in [-0.25, -0.2) is 0 Å². The molecule has 106 valence electrons. The molecule has 2 aliphatic carbocycles. The second kappa shape index (κ2) is 6.91. The minimum atomic E-state index is 0.544. The predicted molar refractivity (Wildman–Crippen MR) is 76.8 cm³/mol. The molecule has 0 aromatic rings. The molecule has 0 saturated heterocycles. The van der Waals surface area contributed by atoms with E-state index in [9.17, 15) is 0 Å². The van der Waals surface area contributed by atoms with Crippen molar-refractivity contribution < 1.29 is 4.74 Å². The lowest BCUT2D eigenvalue weighted by Crippen LogP contribution is -2.50. The quantitative estimate of drug-likeness (QED) is 0.778. The summed E-state index contributed by atoms with van der Waals surface area (Å²) in [5.41, 5.74) is 0. The second-order valence-corrected chi connectivity index (χ2v) is 6.77. The molecule has 0 bridgehead atoms. The van der Waals surface area contributed by atoms with Crippen molar-refractivity contribution in [2.75, 3.05) is 6.61 Å². The molecule has 18 heavy (non-hydrogen) atoms. The third-order valence-electron chi connectivity index (χ3n) is 4.56. The van der Waals surface area contributed by atoms with Crippen LogP contribution in [0, 0.1) is 11.8 Å². The van der Waals surface area contributed by atoms with Crippen LogP contribution >= 0.6 is 0 Å². The van der Waals surface area contributed by atoms with E-state index in [1.165, 1.54) is 44.9 Å². The summed E-state index contributed by atoms with van der Waals surface area (Å²) in [4.78, 5) is 0. The van der Waals surface area contributed by atoms with Gasteiger partial charge in [0.05, 0.1) is 6.10 Å². The predicted octanol–water partition coefficient (Wildman–Crippen LogP) is 3.75. The van der Waals surface area contributed by atoms with Crippen molar-refractivity contribution in [3.05, 3.63) is 0 Å². The molecule has 2 unspecified atom stereocenters. The van der Waals surface area contributed by atoms with Crippen molar-refractivity contribution in [3.8, 4) is 0 Å². The van der Waals surface area contributed by atoms with Crippen LogP contribution in [-0.4, -0.2) is 24.8 Å². The standard InChI is InChI=1S/C16H31NO/c1-4-18-16-10-15(11-16)17-14-7-5-6-13(9-14)8-12(2)3/h12-17H,4-11H2,1-3H3. The average Bonchev–Trinajstić information content (AvgIpc) is 2.26. The summed E-state index contributed by atoms with van der Waals surface area (Å²) in [6, 6.07) is 1.53. The Hall–Kier alpha value is -0.0800. The summed E-state index contributed by atoms with van der Waals surface area (Å²) in [6.45, 7) is 7.68. The molecular weight excluding hydrogens is 222 g/mol. The van der Waals surface area contributed by atoms with E-state index < -0.39 is 0 Å². The number of hydrogen-bond acceptors (Lipinski definition) is 2. The largest absolute Gasteiger partial charge is 0.378 e. The van der Waals surface area contributed by atoms with Crippen molar-refractivity contribution in [2.24, 2.45) is 11.8 Å². The molecule has 2 aliphatic rings. The van der Waals surface area contributed by atoms with E-state index in [-0.39, 0.29) is 0 Å². The van der Waals surface area contributed by atoms with Crippen molar-refractivity contribution in [2.45, 2.75) is 83.9 Å². The molecular formula is C16H31NO. The van der Waals surface area contributed by atoms with E-state index in [4.69, 9.17) is 4.74 Å². The van der Waals surface area contributed by atoms with Gasteiger partial charge in [0.15, 0.2) is 0 Å². The summed E-state index contributed by atoms with van der Waals surface area (Å²) < 4.78 is 5.63. The Balaban J connectivity index is 1.64. The first-order valence-electron chi connectivity index (χ1n) is 8.05. The number of ether oxygens (including phenoxy) is 1. The lowest BCUT2D eigenvalue weighted by atomic mass is 9.79. The monoisotopic (exact) mass is 253 g/mol. The molecule has 2 heteroatoms. The van der Waals surface area contributed by atoms with E-state index >= 15 is 0 Å². The number of nitrogens with one attached hydrogen (secondary N) is 1. The molecule has 1 N–H and O–H groups in total. The lowest BCUT2D eigenvalue weighted by Gasteiger charge is -2.40. The third kappa shape index (κ3) is 4.24. The highest BCUT2D eigenvalue weighted by Crippen LogP contribution is 2.31. The van der Waals surface area contributed by atoms with Crippen LogP contribution in [0.25, 0.3) is 0 Å². The Morgan fingerprint density at radius 3 is 2.56 bits per heavy atom. The van der Waals surface area contributed by atoms with Crippen LogP contribution in [0.15, 0.2) is 0 Å². The van der Waals surface area contributed by atoms with Crippen LogP contribution in [0.5, 0.6) is 0 Å². The van der Waals surface area contributed by atoms with Gasteiger partial charge in [-0.1, -0.05) is 26.7 Å². The maximum absolute atomic E-state index is 5.63. The van der Waals surface area contributed by atoms with Gasteiger partial charge < -0.3 is 10.1 Å². The zero-order chi connectivity index (χ0) is 13.0. The number of hydrogen-bond donors (Lipinski definition) is 1. The normalized spacial score (nSPS) is 36.7. The molecule has 0 aromatic heterocycles. The fraction of sp³-hybridized carbons (Fsp3) is 1.00. The van der Waals surface area contributed by atoms with E-state index in [1.807, 2.05) is 0 Å². The van der Waals surface area contributed by atoms with Crippen molar-refractivity contribution in [1.29, 1.82) is 0 Å². The Morgan fingerprint density at radius 2 is 1.89 bits per heavy atom. The molecule has 0 heterocycles. The highest BCUT2D eigenvalue weighted by Gasteiger charge is 2.32. The molecule has 2 atom stereocenters. The summed E-state index contributed by atoms with van der Waals surface area (Å²) >= 11 is 0. The summed E-state index contributed by atoms with van der Waals surface area (Å²) in [5.74, 6) is 1.83. The van der Waals surface area contributed by atoms with Crippen molar-refractivity contribution in [3.63, 3.8) is 0 Å². The van der Waals surface area contributed by atoms with Gasteiger partial charge in [-0.2, -0.15) is 0 Å². The summed E-state index contributed by atoms with van der Waals surface area (Å²) in [5, 5.41) is 3.87. The topological polar surface area (TPSA) is 21.3 Å². The van der Waals surface area contributed by atoms with E-state index in [2.05, 4.69) is 26.1 Å². The van der Waals surface area contributed by atoms with Crippen LogP contribution in [0.2, 0.25) is 0 Å². The second-order valence-electron chi connectivity index (χ2n) is 6.77. The van der Waals surface area contributed by atoms with Gasteiger partial charge in [-0.05, 0) is 50.9 Å². The first-order valence-corrected chi connectivity index (χ1v) is 8.05. The Morgan fingerprint density at radius 1 is 1.11 bits per heavy atom. The minimum Gasteiger partial charge on any atom is -0.378 e. The van der Waals surface area contributed by atoms with E-state index in [1.54, 1.807) is 0 Å². The highest BCUT2D eigenvalue weighted by atomic mass is 16.5. The number of rotatable bonds is 6. The summed E-state index contributed by atoms with van der Waals surface area (Å²) in [7, 11) is 0. The molecule has 0 aliphatic heterocycles. The van der Waals surface area contributed by atoms with Crippen LogP contribution < -0.4 is 5.32 Å². The van der Waals surface area contributed by atoms with Crippen molar-refractivity contribution in [1.82, 2.24) is 5.32 Å².